The summed E-state index contributed by atoms with van der Waals surface area (Å²) in [4.78, 5) is 13.5. The zero-order valence-electron chi connectivity index (χ0n) is 20.8. The third-order valence-corrected chi connectivity index (χ3v) is 7.98. The number of hydrogen-bond donors (Lipinski definition) is 1. The second-order valence-electron chi connectivity index (χ2n) is 9.84. The van der Waals surface area contributed by atoms with Crippen LogP contribution in [0.15, 0.2) is 71.6 Å². The molecule has 1 heterocycles. The monoisotopic (exact) mass is 492 g/mol. The molecule has 0 bridgehead atoms. The maximum absolute atomic E-state index is 13.7. The summed E-state index contributed by atoms with van der Waals surface area (Å²) in [6.45, 7) is 9.44. The Bertz CT molecular complexity index is 1350. The fraction of sp³-hybridized carbons (Fsp3) is 0.321. The highest BCUT2D eigenvalue weighted by molar-refractivity contribution is 7.92. The molecule has 184 valence electrons. The minimum atomic E-state index is -3.97. The number of nitrogens with zero attached hydrogens (tertiary/aromatic N) is 1. The van der Waals surface area contributed by atoms with Gasteiger partial charge in [0.1, 0.15) is 17.9 Å². The van der Waals surface area contributed by atoms with E-state index in [1.165, 1.54) is 4.31 Å². The van der Waals surface area contributed by atoms with Crippen LogP contribution in [0.5, 0.6) is 5.75 Å². The zero-order valence-corrected chi connectivity index (χ0v) is 21.6. The summed E-state index contributed by atoms with van der Waals surface area (Å²) in [5.41, 5.74) is 3.78. The Balaban J connectivity index is 1.67. The molecule has 0 radical (unpaired) electrons. The van der Waals surface area contributed by atoms with Gasteiger partial charge in [0.15, 0.2) is 0 Å². The molecule has 0 aromatic heterocycles. The smallest absolute Gasteiger partial charge is 0.264 e. The number of carbonyl (C=O) groups excluding carboxylic acids is 1. The molecular weight excluding hydrogens is 460 g/mol. The zero-order chi connectivity index (χ0) is 25.4. The number of anilines is 1. The summed E-state index contributed by atoms with van der Waals surface area (Å²) in [5, 5.41) is 3.08. The van der Waals surface area contributed by atoms with Crippen LogP contribution in [-0.2, 0) is 14.8 Å². The van der Waals surface area contributed by atoms with E-state index >= 15 is 0 Å². The largest absolute Gasteiger partial charge is 0.487 e. The summed E-state index contributed by atoms with van der Waals surface area (Å²) in [6, 6.07) is 19.4. The van der Waals surface area contributed by atoms with Gasteiger partial charge in [0.05, 0.1) is 16.6 Å². The molecule has 35 heavy (non-hydrogen) atoms. The molecule has 1 N–H and O–H groups in total. The van der Waals surface area contributed by atoms with Crippen LogP contribution in [0.25, 0.3) is 0 Å². The van der Waals surface area contributed by atoms with Gasteiger partial charge in [0.2, 0.25) is 5.91 Å². The molecular formula is C28H32N2O4S. The number of ether oxygens (including phenoxy) is 1. The number of nitrogens with one attached hydrogen (secondary N) is 1. The predicted octanol–water partition coefficient (Wildman–Crippen LogP) is 5.23. The Morgan fingerprint density at radius 3 is 2.34 bits per heavy atom. The van der Waals surface area contributed by atoms with Gasteiger partial charge in [-0.25, -0.2) is 8.42 Å². The first-order valence-corrected chi connectivity index (χ1v) is 13.1. The van der Waals surface area contributed by atoms with Gasteiger partial charge in [-0.05, 0) is 70.0 Å². The molecule has 0 fully saturated rings. The summed E-state index contributed by atoms with van der Waals surface area (Å²) in [6.07, 6.45) is 0.573. The van der Waals surface area contributed by atoms with Gasteiger partial charge < -0.3 is 10.1 Å². The summed E-state index contributed by atoms with van der Waals surface area (Å²) in [7, 11) is -3.97. The molecule has 0 aliphatic carbocycles. The molecule has 0 saturated heterocycles. The van der Waals surface area contributed by atoms with Gasteiger partial charge in [-0.2, -0.15) is 0 Å². The van der Waals surface area contributed by atoms with E-state index in [0.29, 0.717) is 12.1 Å². The summed E-state index contributed by atoms with van der Waals surface area (Å²) >= 11 is 0. The van der Waals surface area contributed by atoms with Crippen molar-refractivity contribution >= 4 is 21.6 Å². The average molecular weight is 493 g/mol. The number of rotatable bonds is 6. The van der Waals surface area contributed by atoms with Crippen LogP contribution >= 0.6 is 0 Å². The maximum Gasteiger partial charge on any atom is 0.264 e. The number of carbonyl (C=O) groups is 1. The molecule has 4 rings (SSSR count). The van der Waals surface area contributed by atoms with Gasteiger partial charge in [0, 0.05) is 12.0 Å². The van der Waals surface area contributed by atoms with Gasteiger partial charge in [-0.3, -0.25) is 9.10 Å². The molecule has 1 aliphatic heterocycles. The van der Waals surface area contributed by atoms with Crippen LogP contribution in [0, 0.1) is 20.8 Å². The van der Waals surface area contributed by atoms with Crippen LogP contribution in [0.3, 0.4) is 0 Å². The second kappa shape index (κ2) is 9.38. The van der Waals surface area contributed by atoms with Gasteiger partial charge in [-0.1, -0.05) is 48.0 Å². The Morgan fingerprint density at radius 2 is 1.66 bits per heavy atom. The van der Waals surface area contributed by atoms with Crippen LogP contribution in [0.2, 0.25) is 0 Å². The van der Waals surface area contributed by atoms with E-state index in [1.807, 2.05) is 65.0 Å². The van der Waals surface area contributed by atoms with E-state index in [0.717, 1.165) is 28.0 Å². The van der Waals surface area contributed by atoms with E-state index in [4.69, 9.17) is 4.74 Å². The van der Waals surface area contributed by atoms with Crippen LogP contribution in [0.4, 0.5) is 5.69 Å². The van der Waals surface area contributed by atoms with Crippen LogP contribution < -0.4 is 14.4 Å². The minimum absolute atomic E-state index is 0.140. The Hall–Kier alpha value is -3.32. The standard InChI is InChI=1S/C28H32N2O4S/c1-19-12-14-25(21(3)15-19)30(35(32,33)22-9-7-6-8-10-22)18-27(31)29-24-17-28(4,5)34-26-16-20(2)11-13-23(24)26/h6-16,24H,17-18H2,1-5H3,(H,29,31). The molecule has 7 heteroatoms. The SMILES string of the molecule is Cc1ccc(N(CC(=O)NC2CC(C)(C)Oc3cc(C)ccc32)S(=O)(=O)c2ccccc2)c(C)c1. The van der Waals surface area contributed by atoms with E-state index < -0.39 is 15.6 Å². The molecule has 3 aromatic rings. The van der Waals surface area contributed by atoms with Crippen molar-refractivity contribution in [2.24, 2.45) is 0 Å². The summed E-state index contributed by atoms with van der Waals surface area (Å²) < 4.78 is 34.7. The lowest BCUT2D eigenvalue weighted by atomic mass is 9.89. The Kier molecular flexibility index (Phi) is 6.64. The van der Waals surface area contributed by atoms with Gasteiger partial charge in [0.25, 0.3) is 10.0 Å². The number of hydrogen-bond acceptors (Lipinski definition) is 4. The molecule has 1 aliphatic rings. The highest BCUT2D eigenvalue weighted by atomic mass is 32.2. The number of sulfonamides is 1. The fourth-order valence-electron chi connectivity index (χ4n) is 4.56. The third kappa shape index (κ3) is 5.35. The fourth-order valence-corrected chi connectivity index (χ4v) is 6.07. The van der Waals surface area contributed by atoms with E-state index in [-0.39, 0.29) is 23.4 Å². The van der Waals surface area contributed by atoms with Crippen molar-refractivity contribution in [1.82, 2.24) is 5.32 Å². The lowest BCUT2D eigenvalue weighted by Gasteiger charge is -2.38. The first-order valence-electron chi connectivity index (χ1n) is 11.7. The van der Waals surface area contributed by atoms with Crippen molar-refractivity contribution < 1.29 is 17.9 Å². The average Bonchev–Trinajstić information content (AvgIpc) is 2.77. The molecule has 6 nitrogen and oxygen atoms in total. The van der Waals surface area contributed by atoms with Crippen molar-refractivity contribution in [1.29, 1.82) is 0 Å². The lowest BCUT2D eigenvalue weighted by Crippen LogP contribution is -2.45. The van der Waals surface area contributed by atoms with Crippen molar-refractivity contribution in [3.63, 3.8) is 0 Å². The molecule has 0 saturated carbocycles. The van der Waals surface area contributed by atoms with Gasteiger partial charge in [-0.15, -0.1) is 0 Å². The third-order valence-electron chi connectivity index (χ3n) is 6.20. The van der Waals surface area contributed by atoms with Crippen molar-refractivity contribution in [2.45, 2.75) is 57.6 Å². The number of fused-ring (bicyclic) bond motifs is 1. The number of amides is 1. The quantitative estimate of drug-likeness (QED) is 0.512. The molecule has 1 atom stereocenters. The first kappa shape index (κ1) is 24.8. The van der Waals surface area contributed by atoms with Crippen LogP contribution in [0.1, 0.15) is 48.6 Å². The Labute approximate surface area is 208 Å². The van der Waals surface area contributed by atoms with E-state index in [1.54, 1.807) is 36.4 Å². The van der Waals surface area contributed by atoms with Crippen molar-refractivity contribution in [2.75, 3.05) is 10.8 Å². The second-order valence-corrected chi connectivity index (χ2v) is 11.7. The van der Waals surface area contributed by atoms with Crippen LogP contribution in [-0.4, -0.2) is 26.5 Å². The highest BCUT2D eigenvalue weighted by Gasteiger charge is 2.36. The number of aryl methyl sites for hydroxylation is 3. The van der Waals surface area contributed by atoms with Gasteiger partial charge >= 0.3 is 0 Å². The van der Waals surface area contributed by atoms with E-state index in [9.17, 15) is 13.2 Å². The van der Waals surface area contributed by atoms with E-state index in [2.05, 4.69) is 5.32 Å². The normalized spacial score (nSPS) is 16.7. The predicted molar refractivity (Wildman–Crippen MR) is 138 cm³/mol. The summed E-state index contributed by atoms with van der Waals surface area (Å²) in [5.74, 6) is 0.369. The molecule has 1 unspecified atom stereocenters. The van der Waals surface area contributed by atoms with Crippen molar-refractivity contribution in [3.8, 4) is 5.75 Å². The minimum Gasteiger partial charge on any atom is -0.487 e. The van der Waals surface area contributed by atoms with Crippen molar-refractivity contribution in [3.05, 3.63) is 89.0 Å². The molecule has 0 spiro atoms. The highest BCUT2D eigenvalue weighted by Crippen LogP contribution is 2.40. The molecule has 3 aromatic carbocycles. The first-order chi connectivity index (χ1) is 16.5. The number of benzene rings is 3. The lowest BCUT2D eigenvalue weighted by molar-refractivity contribution is -0.120. The Morgan fingerprint density at radius 1 is 1.00 bits per heavy atom. The topological polar surface area (TPSA) is 75.7 Å². The molecule has 1 amide bonds. The maximum atomic E-state index is 13.7.